The Kier molecular flexibility index (Phi) is 6.79. The average Bonchev–Trinajstić information content (AvgIpc) is 3.52. The quantitative estimate of drug-likeness (QED) is 0.142. The van der Waals surface area contributed by atoms with E-state index in [1.807, 2.05) is 66.9 Å². The molecule has 1 atom stereocenters. The molecular weight excluding hydrogens is 476 g/mol. The highest BCUT2D eigenvalue weighted by Gasteiger charge is 2.29. The maximum absolute atomic E-state index is 13.7. The van der Waals surface area contributed by atoms with Crippen LogP contribution in [0.25, 0.3) is 10.9 Å². The molecule has 0 aliphatic carbocycles. The lowest BCUT2D eigenvalue weighted by Gasteiger charge is -2.18. The molecule has 5 aromatic rings. The summed E-state index contributed by atoms with van der Waals surface area (Å²) in [5, 5.41) is 2.80. The Hall–Kier alpha value is -3.68. The van der Waals surface area contributed by atoms with Gasteiger partial charge in [0.25, 0.3) is 0 Å². The van der Waals surface area contributed by atoms with Gasteiger partial charge in [0.1, 0.15) is 4.34 Å². The molecule has 0 saturated carbocycles. The monoisotopic (exact) mass is 498 g/mol. The summed E-state index contributed by atoms with van der Waals surface area (Å²) >= 11 is 3.16. The molecule has 1 unspecified atom stereocenters. The second kappa shape index (κ2) is 10.3. The zero-order valence-electron chi connectivity index (χ0n) is 18.9. The number of thioether (sulfide) groups is 1. The minimum absolute atomic E-state index is 0.271. The zero-order chi connectivity index (χ0) is 24.2. The summed E-state index contributed by atoms with van der Waals surface area (Å²) in [6.45, 7) is 1.96. The number of carbonyl (C=O) groups excluding carboxylic acids is 2. The maximum Gasteiger partial charge on any atom is 0.339 e. The van der Waals surface area contributed by atoms with Crippen LogP contribution in [0.15, 0.2) is 94.8 Å². The number of esters is 1. The Labute approximate surface area is 211 Å². The van der Waals surface area contributed by atoms with Gasteiger partial charge in [0.15, 0.2) is 6.10 Å². The van der Waals surface area contributed by atoms with Crippen LogP contribution in [0.2, 0.25) is 0 Å². The molecule has 0 radical (unpaired) electrons. The van der Waals surface area contributed by atoms with E-state index in [0.29, 0.717) is 22.4 Å². The highest BCUT2D eigenvalue weighted by molar-refractivity contribution is 8.00. The fourth-order valence-electron chi connectivity index (χ4n) is 3.87. The summed E-state index contributed by atoms with van der Waals surface area (Å²) in [7, 11) is 0. The van der Waals surface area contributed by atoms with Crippen LogP contribution in [-0.4, -0.2) is 21.7 Å². The number of para-hydroxylation sites is 1. The first-order valence-electron chi connectivity index (χ1n) is 11.1. The number of hydrogen-bond acceptors (Lipinski definition) is 6. The Bertz CT molecular complexity index is 1490. The van der Waals surface area contributed by atoms with E-state index in [1.165, 1.54) is 0 Å². The van der Waals surface area contributed by atoms with Crippen LogP contribution < -0.4 is 0 Å². The lowest BCUT2D eigenvalue weighted by Crippen LogP contribution is -2.21. The van der Waals surface area contributed by atoms with E-state index < -0.39 is 12.1 Å². The number of aromatic amines is 1. The van der Waals surface area contributed by atoms with Crippen molar-refractivity contribution in [3.05, 3.63) is 118 Å². The molecule has 2 heterocycles. The number of aryl methyl sites for hydroxylation is 1. The highest BCUT2D eigenvalue weighted by Crippen LogP contribution is 2.30. The number of ketones is 1. The van der Waals surface area contributed by atoms with E-state index >= 15 is 0 Å². The number of Topliss-reactive ketones (excluding diaryl/α,β-unsaturated/α-hetero) is 1. The Morgan fingerprint density at radius 3 is 2.51 bits per heavy atom. The number of benzene rings is 3. The fourth-order valence-corrected chi connectivity index (χ4v) is 5.72. The van der Waals surface area contributed by atoms with Crippen LogP contribution in [0.3, 0.4) is 0 Å². The number of nitrogens with one attached hydrogen (secondary N) is 1. The van der Waals surface area contributed by atoms with Crippen LogP contribution >= 0.6 is 23.1 Å². The minimum atomic E-state index is -1.06. The third-order valence-electron chi connectivity index (χ3n) is 5.61. The smallest absolute Gasteiger partial charge is 0.339 e. The van der Waals surface area contributed by atoms with Crippen molar-refractivity contribution in [2.45, 2.75) is 23.1 Å². The van der Waals surface area contributed by atoms with Gasteiger partial charge in [-0.15, -0.1) is 11.3 Å². The van der Waals surface area contributed by atoms with Crippen molar-refractivity contribution in [3.63, 3.8) is 0 Å². The van der Waals surface area contributed by atoms with Crippen LogP contribution in [0.4, 0.5) is 0 Å². The summed E-state index contributed by atoms with van der Waals surface area (Å²) < 4.78 is 6.88. The maximum atomic E-state index is 13.7. The SMILES string of the molecule is Cc1csc(SCc2ccccc2C(=O)OC(C(=O)c2c[nH]c3ccccc23)c2ccccc2)n1. The fraction of sp³-hybridized carbons (Fsp3) is 0.107. The first-order valence-corrected chi connectivity index (χ1v) is 13.0. The van der Waals surface area contributed by atoms with E-state index in [1.54, 1.807) is 53.6 Å². The summed E-state index contributed by atoms with van der Waals surface area (Å²) in [6, 6.07) is 24.1. The van der Waals surface area contributed by atoms with Gasteiger partial charge in [0, 0.05) is 45.1 Å². The second-order valence-electron chi connectivity index (χ2n) is 8.01. The molecule has 5 nitrogen and oxygen atoms in total. The van der Waals surface area contributed by atoms with Crippen LogP contribution in [0.5, 0.6) is 0 Å². The topological polar surface area (TPSA) is 72.1 Å². The van der Waals surface area contributed by atoms with E-state index in [-0.39, 0.29) is 5.78 Å². The van der Waals surface area contributed by atoms with E-state index in [2.05, 4.69) is 9.97 Å². The molecule has 174 valence electrons. The number of nitrogens with zero attached hydrogens (tertiary/aromatic N) is 1. The number of aromatic nitrogens is 2. The Balaban J connectivity index is 1.43. The lowest BCUT2D eigenvalue weighted by atomic mass is 9.99. The highest BCUT2D eigenvalue weighted by atomic mass is 32.2. The molecule has 0 saturated heterocycles. The number of fused-ring (bicyclic) bond motifs is 1. The molecule has 0 amide bonds. The van der Waals surface area contributed by atoms with Crippen molar-refractivity contribution in [1.82, 2.24) is 9.97 Å². The van der Waals surface area contributed by atoms with Crippen LogP contribution in [0.1, 0.15) is 43.6 Å². The number of carbonyl (C=O) groups is 2. The number of thiazole rings is 1. The van der Waals surface area contributed by atoms with Gasteiger partial charge in [-0.2, -0.15) is 0 Å². The van der Waals surface area contributed by atoms with Crippen LogP contribution in [0, 0.1) is 6.92 Å². The Morgan fingerprint density at radius 2 is 1.71 bits per heavy atom. The summed E-state index contributed by atoms with van der Waals surface area (Å²) in [5.41, 5.74) is 4.23. The molecular formula is C28H22N2O3S2. The van der Waals surface area contributed by atoms with Gasteiger partial charge in [-0.1, -0.05) is 78.5 Å². The number of hydrogen-bond donors (Lipinski definition) is 1. The molecule has 1 N–H and O–H groups in total. The van der Waals surface area contributed by atoms with Crippen molar-refractivity contribution >= 4 is 45.8 Å². The Morgan fingerprint density at radius 1 is 0.971 bits per heavy atom. The molecule has 0 aliphatic heterocycles. The van der Waals surface area contributed by atoms with Crippen molar-refractivity contribution in [1.29, 1.82) is 0 Å². The third kappa shape index (κ3) is 5.06. The normalized spacial score (nSPS) is 11.9. The molecule has 5 rings (SSSR count). The van der Waals surface area contributed by atoms with Crippen molar-refractivity contribution in [2.24, 2.45) is 0 Å². The lowest BCUT2D eigenvalue weighted by molar-refractivity contribution is 0.0280. The third-order valence-corrected chi connectivity index (χ3v) is 7.79. The predicted octanol–water partition coefficient (Wildman–Crippen LogP) is 7.01. The first kappa shape index (κ1) is 23.1. The average molecular weight is 499 g/mol. The summed E-state index contributed by atoms with van der Waals surface area (Å²) in [5.74, 6) is -0.226. The van der Waals surface area contributed by atoms with Crippen molar-refractivity contribution in [2.75, 3.05) is 0 Å². The van der Waals surface area contributed by atoms with Gasteiger partial charge in [0.2, 0.25) is 5.78 Å². The summed E-state index contributed by atoms with van der Waals surface area (Å²) in [4.78, 5) is 34.7. The van der Waals surface area contributed by atoms with Crippen molar-refractivity contribution < 1.29 is 14.3 Å². The first-order chi connectivity index (χ1) is 17.1. The van der Waals surface area contributed by atoms with Gasteiger partial charge >= 0.3 is 5.97 Å². The van der Waals surface area contributed by atoms with E-state index in [9.17, 15) is 9.59 Å². The van der Waals surface area contributed by atoms with Crippen LogP contribution in [-0.2, 0) is 10.5 Å². The number of rotatable bonds is 8. The molecule has 35 heavy (non-hydrogen) atoms. The molecule has 0 spiro atoms. The molecule has 0 fully saturated rings. The molecule has 2 aromatic heterocycles. The molecule has 0 aliphatic rings. The molecule has 3 aromatic carbocycles. The number of H-pyrrole nitrogens is 1. The van der Waals surface area contributed by atoms with Gasteiger partial charge in [0.05, 0.1) is 5.56 Å². The summed E-state index contributed by atoms with van der Waals surface area (Å²) in [6.07, 6.45) is 0.613. The molecule has 0 bridgehead atoms. The predicted molar refractivity (Wildman–Crippen MR) is 140 cm³/mol. The van der Waals surface area contributed by atoms with Gasteiger partial charge in [-0.3, -0.25) is 4.79 Å². The van der Waals surface area contributed by atoms with Gasteiger partial charge in [-0.25, -0.2) is 9.78 Å². The minimum Gasteiger partial charge on any atom is -0.445 e. The van der Waals surface area contributed by atoms with Gasteiger partial charge < -0.3 is 9.72 Å². The number of ether oxygens (including phenoxy) is 1. The zero-order valence-corrected chi connectivity index (χ0v) is 20.6. The van der Waals surface area contributed by atoms with E-state index in [0.717, 1.165) is 26.5 Å². The second-order valence-corrected chi connectivity index (χ2v) is 10.1. The largest absolute Gasteiger partial charge is 0.445 e. The standard InChI is InChI=1S/C28H22N2O3S2/c1-18-16-34-28(30-18)35-17-20-11-5-6-12-21(20)27(32)33-26(19-9-3-2-4-10-19)25(31)23-15-29-24-14-8-7-13-22(23)24/h2-16,26,29H,17H2,1H3. The van der Waals surface area contributed by atoms with Gasteiger partial charge in [-0.05, 0) is 24.6 Å². The van der Waals surface area contributed by atoms with Crippen molar-refractivity contribution in [3.8, 4) is 0 Å². The molecule has 7 heteroatoms. The van der Waals surface area contributed by atoms with E-state index in [4.69, 9.17) is 4.74 Å².